The highest BCUT2D eigenvalue weighted by molar-refractivity contribution is 5.92. The molecule has 0 spiro atoms. The van der Waals surface area contributed by atoms with E-state index in [1.165, 1.54) is 25.1 Å². The Morgan fingerprint density at radius 3 is 2.27 bits per heavy atom. The SMILES string of the molecule is CC(=O)N1CCN(C(=O)c2ccc(Nc3ccc(F)cc3F)nn2)CC1. The first kappa shape index (κ1) is 17.7. The third kappa shape index (κ3) is 3.93. The van der Waals surface area contributed by atoms with Crippen LogP contribution in [0.25, 0.3) is 0 Å². The van der Waals surface area contributed by atoms with Gasteiger partial charge in [0.2, 0.25) is 5.91 Å². The minimum Gasteiger partial charge on any atom is -0.339 e. The molecule has 1 aromatic carbocycles. The van der Waals surface area contributed by atoms with Gasteiger partial charge in [-0.2, -0.15) is 0 Å². The smallest absolute Gasteiger partial charge is 0.274 e. The Balaban J connectivity index is 1.64. The topological polar surface area (TPSA) is 78.4 Å². The predicted octanol–water partition coefficient (Wildman–Crippen LogP) is 1.80. The molecule has 1 saturated heterocycles. The Kier molecular flexibility index (Phi) is 5.06. The van der Waals surface area contributed by atoms with E-state index in [0.29, 0.717) is 26.2 Å². The lowest BCUT2D eigenvalue weighted by Gasteiger charge is -2.33. The molecule has 1 aromatic heterocycles. The number of aromatic nitrogens is 2. The summed E-state index contributed by atoms with van der Waals surface area (Å²) >= 11 is 0. The summed E-state index contributed by atoms with van der Waals surface area (Å²) in [5.41, 5.74) is 0.214. The number of carbonyl (C=O) groups is 2. The maximum atomic E-state index is 13.6. The van der Waals surface area contributed by atoms with Crippen LogP contribution in [0.4, 0.5) is 20.3 Å². The zero-order valence-electron chi connectivity index (χ0n) is 14.1. The summed E-state index contributed by atoms with van der Waals surface area (Å²) in [6.07, 6.45) is 0. The summed E-state index contributed by atoms with van der Waals surface area (Å²) in [4.78, 5) is 27.0. The second kappa shape index (κ2) is 7.42. The molecule has 0 atom stereocenters. The van der Waals surface area contributed by atoms with E-state index < -0.39 is 11.6 Å². The van der Waals surface area contributed by atoms with Crippen molar-refractivity contribution in [3.63, 3.8) is 0 Å². The molecule has 2 heterocycles. The van der Waals surface area contributed by atoms with Gasteiger partial charge in [0.05, 0.1) is 5.69 Å². The second-order valence-corrected chi connectivity index (χ2v) is 5.85. The molecule has 9 heteroatoms. The van der Waals surface area contributed by atoms with Crippen LogP contribution in [0.1, 0.15) is 17.4 Å². The largest absolute Gasteiger partial charge is 0.339 e. The van der Waals surface area contributed by atoms with Crippen LogP contribution in [-0.2, 0) is 4.79 Å². The van der Waals surface area contributed by atoms with Crippen LogP contribution in [-0.4, -0.2) is 58.0 Å². The van der Waals surface area contributed by atoms with E-state index >= 15 is 0 Å². The molecule has 2 amide bonds. The van der Waals surface area contributed by atoms with E-state index in [4.69, 9.17) is 0 Å². The van der Waals surface area contributed by atoms with Gasteiger partial charge in [-0.1, -0.05) is 0 Å². The summed E-state index contributed by atoms with van der Waals surface area (Å²) in [6, 6.07) is 6.11. The Labute approximate surface area is 148 Å². The number of rotatable bonds is 3. The van der Waals surface area contributed by atoms with Crippen LogP contribution in [0.15, 0.2) is 30.3 Å². The first-order chi connectivity index (χ1) is 12.4. The van der Waals surface area contributed by atoms with Crippen LogP contribution in [0.5, 0.6) is 0 Å². The average molecular weight is 361 g/mol. The van der Waals surface area contributed by atoms with Gasteiger partial charge in [-0.15, -0.1) is 10.2 Å². The summed E-state index contributed by atoms with van der Waals surface area (Å²) in [6.45, 7) is 3.33. The molecule has 2 aromatic rings. The predicted molar refractivity (Wildman–Crippen MR) is 89.8 cm³/mol. The van der Waals surface area contributed by atoms with Crippen LogP contribution < -0.4 is 5.32 Å². The molecule has 1 fully saturated rings. The molecule has 0 saturated carbocycles. The highest BCUT2D eigenvalue weighted by atomic mass is 19.1. The van der Waals surface area contributed by atoms with Crippen molar-refractivity contribution in [1.82, 2.24) is 20.0 Å². The Morgan fingerprint density at radius 2 is 1.69 bits per heavy atom. The molecule has 7 nitrogen and oxygen atoms in total. The van der Waals surface area contributed by atoms with Crippen molar-refractivity contribution in [3.05, 3.63) is 47.7 Å². The number of hydrogen-bond acceptors (Lipinski definition) is 5. The van der Waals surface area contributed by atoms with Gasteiger partial charge in [0.1, 0.15) is 11.6 Å². The van der Waals surface area contributed by atoms with E-state index in [1.54, 1.807) is 9.80 Å². The van der Waals surface area contributed by atoms with Crippen molar-refractivity contribution in [1.29, 1.82) is 0 Å². The Hall–Kier alpha value is -3.10. The molecule has 0 aliphatic carbocycles. The first-order valence-electron chi connectivity index (χ1n) is 8.04. The quantitative estimate of drug-likeness (QED) is 0.902. The lowest BCUT2D eigenvalue weighted by atomic mass is 10.2. The van der Waals surface area contributed by atoms with Crippen molar-refractivity contribution in [2.75, 3.05) is 31.5 Å². The fraction of sp³-hybridized carbons (Fsp3) is 0.294. The van der Waals surface area contributed by atoms with E-state index in [2.05, 4.69) is 15.5 Å². The number of nitrogens with one attached hydrogen (secondary N) is 1. The maximum Gasteiger partial charge on any atom is 0.274 e. The number of benzene rings is 1. The number of halogens is 2. The number of nitrogens with zero attached hydrogens (tertiary/aromatic N) is 4. The summed E-state index contributed by atoms with van der Waals surface area (Å²) in [7, 11) is 0. The van der Waals surface area contributed by atoms with Gasteiger partial charge in [-0.05, 0) is 24.3 Å². The molecule has 3 rings (SSSR count). The molecular formula is C17H17F2N5O2. The lowest BCUT2D eigenvalue weighted by molar-refractivity contribution is -0.130. The molecule has 0 radical (unpaired) electrons. The van der Waals surface area contributed by atoms with Gasteiger partial charge in [-0.3, -0.25) is 9.59 Å². The standard InChI is InChI=1S/C17H17F2N5O2/c1-11(25)23-6-8-24(9-7-23)17(26)15-4-5-16(22-21-15)20-14-3-2-12(18)10-13(14)19/h2-5,10H,6-9H2,1H3,(H,20,22). The van der Waals surface area contributed by atoms with E-state index in [0.717, 1.165) is 12.1 Å². The Bertz CT molecular complexity index is 820. The van der Waals surface area contributed by atoms with Crippen LogP contribution in [0, 0.1) is 11.6 Å². The van der Waals surface area contributed by atoms with Crippen LogP contribution >= 0.6 is 0 Å². The van der Waals surface area contributed by atoms with Crippen molar-refractivity contribution >= 4 is 23.3 Å². The van der Waals surface area contributed by atoms with Crippen molar-refractivity contribution < 1.29 is 18.4 Å². The van der Waals surface area contributed by atoms with Gasteiger partial charge < -0.3 is 15.1 Å². The fourth-order valence-corrected chi connectivity index (χ4v) is 2.63. The molecule has 1 aliphatic rings. The molecule has 0 bridgehead atoms. The number of anilines is 2. The van der Waals surface area contributed by atoms with Gasteiger partial charge in [0.15, 0.2) is 11.5 Å². The monoisotopic (exact) mass is 361 g/mol. The minimum atomic E-state index is -0.754. The summed E-state index contributed by atoms with van der Waals surface area (Å²) in [5.74, 6) is -1.49. The molecule has 136 valence electrons. The number of piperazine rings is 1. The maximum absolute atomic E-state index is 13.6. The lowest BCUT2D eigenvalue weighted by Crippen LogP contribution is -2.50. The summed E-state index contributed by atoms with van der Waals surface area (Å²) < 4.78 is 26.5. The molecule has 0 unspecified atom stereocenters. The molecule has 1 aliphatic heterocycles. The zero-order chi connectivity index (χ0) is 18.7. The highest BCUT2D eigenvalue weighted by Gasteiger charge is 2.24. The van der Waals surface area contributed by atoms with Gasteiger partial charge >= 0.3 is 0 Å². The van der Waals surface area contributed by atoms with E-state index in [-0.39, 0.29) is 29.0 Å². The molecule has 1 N–H and O–H groups in total. The average Bonchev–Trinajstić information content (AvgIpc) is 2.64. The zero-order valence-corrected chi connectivity index (χ0v) is 14.1. The van der Waals surface area contributed by atoms with Gasteiger partial charge in [0.25, 0.3) is 5.91 Å². The van der Waals surface area contributed by atoms with Crippen LogP contribution in [0.3, 0.4) is 0 Å². The minimum absolute atomic E-state index is 0.0136. The number of hydrogen-bond donors (Lipinski definition) is 1. The number of amides is 2. The number of carbonyl (C=O) groups excluding carboxylic acids is 2. The normalized spacial score (nSPS) is 14.3. The van der Waals surface area contributed by atoms with Gasteiger partial charge in [0, 0.05) is 39.2 Å². The third-order valence-corrected chi connectivity index (χ3v) is 4.09. The highest BCUT2D eigenvalue weighted by Crippen LogP contribution is 2.19. The Morgan fingerprint density at radius 1 is 1.00 bits per heavy atom. The third-order valence-electron chi connectivity index (χ3n) is 4.09. The first-order valence-corrected chi connectivity index (χ1v) is 8.04. The van der Waals surface area contributed by atoms with Crippen molar-refractivity contribution in [2.24, 2.45) is 0 Å². The van der Waals surface area contributed by atoms with E-state index in [1.807, 2.05) is 0 Å². The molecule has 26 heavy (non-hydrogen) atoms. The summed E-state index contributed by atoms with van der Waals surface area (Å²) in [5, 5.41) is 10.4. The van der Waals surface area contributed by atoms with E-state index in [9.17, 15) is 18.4 Å². The fourth-order valence-electron chi connectivity index (χ4n) is 2.63. The van der Waals surface area contributed by atoms with Crippen molar-refractivity contribution in [2.45, 2.75) is 6.92 Å². The van der Waals surface area contributed by atoms with Gasteiger partial charge in [-0.25, -0.2) is 8.78 Å². The van der Waals surface area contributed by atoms with Crippen LogP contribution in [0.2, 0.25) is 0 Å². The molecular weight excluding hydrogens is 344 g/mol. The van der Waals surface area contributed by atoms with Crippen molar-refractivity contribution in [3.8, 4) is 0 Å². The second-order valence-electron chi connectivity index (χ2n) is 5.85.